The van der Waals surface area contributed by atoms with Gasteiger partial charge in [-0.05, 0) is 72.8 Å². The highest BCUT2D eigenvalue weighted by Crippen LogP contribution is 2.36. The van der Waals surface area contributed by atoms with Crippen molar-refractivity contribution >= 4 is 65.2 Å². The van der Waals surface area contributed by atoms with E-state index in [0.717, 1.165) is 47.6 Å². The van der Waals surface area contributed by atoms with Gasteiger partial charge in [0.15, 0.2) is 0 Å². The van der Waals surface area contributed by atoms with E-state index < -0.39 is 0 Å². The third-order valence-corrected chi connectivity index (χ3v) is 9.80. The van der Waals surface area contributed by atoms with Crippen molar-refractivity contribution in [1.82, 2.24) is 9.13 Å². The summed E-state index contributed by atoms with van der Waals surface area (Å²) >= 11 is 0. The zero-order valence-corrected chi connectivity index (χ0v) is 24.7. The molecular weight excluding hydrogens is 540 g/mol. The molecule has 6 nitrogen and oxygen atoms in total. The van der Waals surface area contributed by atoms with Gasteiger partial charge in [-0.25, -0.2) is 0 Å². The normalized spacial score (nSPS) is 11.6. The molecule has 0 spiro atoms. The minimum Gasteiger partial charge on any atom is -0.497 e. The van der Waals surface area contributed by atoms with Gasteiger partial charge in [0.2, 0.25) is 0 Å². The van der Waals surface area contributed by atoms with Crippen molar-refractivity contribution in [2.75, 3.05) is 39.9 Å². The summed E-state index contributed by atoms with van der Waals surface area (Å²) in [4.78, 5) is 0. The van der Waals surface area contributed by atoms with Gasteiger partial charge in [0.05, 0.1) is 28.4 Å². The maximum Gasteiger partial charge on any atom is 0.119 e. The van der Waals surface area contributed by atoms with Crippen molar-refractivity contribution in [3.8, 4) is 23.0 Å². The fourth-order valence-corrected chi connectivity index (χ4v) is 7.39. The minimum atomic E-state index is 0.862. The number of fused-ring (bicyclic) bond motifs is 6. The van der Waals surface area contributed by atoms with E-state index in [2.05, 4.69) is 57.7 Å². The molecule has 0 N–H and O–H groups in total. The van der Waals surface area contributed by atoms with Crippen LogP contribution < -0.4 is 18.9 Å². The van der Waals surface area contributed by atoms with Gasteiger partial charge in [-0.1, -0.05) is 21.6 Å². The molecular formula is C32H32N2O4S2. The van der Waals surface area contributed by atoms with Crippen molar-refractivity contribution in [2.45, 2.75) is 13.1 Å². The Labute approximate surface area is 241 Å². The summed E-state index contributed by atoms with van der Waals surface area (Å²) in [6.07, 6.45) is 0. The number of ether oxygens (including phenoxy) is 4. The van der Waals surface area contributed by atoms with Crippen molar-refractivity contribution in [3.63, 3.8) is 0 Å². The second-order valence-electron chi connectivity index (χ2n) is 9.48. The SMILES string of the molecule is COc1ccc2c(c1)c1cc(OC)ccc1n2CCSSCCn1c2ccc(OC)cc2c2cc(OC)ccc21. The van der Waals surface area contributed by atoms with Gasteiger partial charge >= 0.3 is 0 Å². The summed E-state index contributed by atoms with van der Waals surface area (Å²) in [5, 5.41) is 4.74. The van der Waals surface area contributed by atoms with E-state index in [1.54, 1.807) is 28.4 Å². The molecule has 0 amide bonds. The maximum absolute atomic E-state index is 5.51. The highest BCUT2D eigenvalue weighted by Gasteiger charge is 2.14. The average molecular weight is 573 g/mol. The third kappa shape index (κ3) is 4.80. The first-order chi connectivity index (χ1) is 19.6. The molecule has 2 aromatic heterocycles. The molecule has 8 heteroatoms. The third-order valence-electron chi connectivity index (χ3n) is 7.44. The van der Waals surface area contributed by atoms with Crippen molar-refractivity contribution in [3.05, 3.63) is 72.8 Å². The molecule has 0 radical (unpaired) electrons. The van der Waals surface area contributed by atoms with Crippen molar-refractivity contribution in [1.29, 1.82) is 0 Å². The number of benzene rings is 4. The van der Waals surface area contributed by atoms with E-state index in [1.165, 1.54) is 43.6 Å². The van der Waals surface area contributed by atoms with Crippen LogP contribution in [0.25, 0.3) is 43.6 Å². The molecule has 0 bridgehead atoms. The van der Waals surface area contributed by atoms with E-state index in [1.807, 2.05) is 45.9 Å². The number of hydrogen-bond acceptors (Lipinski definition) is 6. The summed E-state index contributed by atoms with van der Waals surface area (Å²) in [6.45, 7) is 1.84. The molecule has 0 atom stereocenters. The lowest BCUT2D eigenvalue weighted by atomic mass is 10.1. The standard InChI is InChI=1S/C32H32N2O4S2/c1-35-21-5-9-29-25(17-21)26-18-22(36-2)6-10-30(26)33(29)13-15-39-40-16-14-34-31-11-7-23(37-3)19-27(31)28-20-24(38-4)8-12-32(28)34/h5-12,17-20H,13-16H2,1-4H3. The quantitative estimate of drug-likeness (QED) is 0.116. The first-order valence-electron chi connectivity index (χ1n) is 13.2. The lowest BCUT2D eigenvalue weighted by Gasteiger charge is -2.10. The Hall–Kier alpha value is -3.62. The Morgan fingerprint density at radius 2 is 0.725 bits per heavy atom. The average Bonchev–Trinajstić information content (AvgIpc) is 3.48. The highest BCUT2D eigenvalue weighted by atomic mass is 33.1. The molecule has 2 heterocycles. The first kappa shape index (κ1) is 26.6. The van der Waals surface area contributed by atoms with Crippen LogP contribution in [0.5, 0.6) is 23.0 Å². The van der Waals surface area contributed by atoms with Crippen LogP contribution in [0.1, 0.15) is 0 Å². The Morgan fingerprint density at radius 1 is 0.450 bits per heavy atom. The van der Waals surface area contributed by atoms with E-state index in [0.29, 0.717) is 0 Å². The smallest absolute Gasteiger partial charge is 0.119 e. The first-order valence-corrected chi connectivity index (χ1v) is 15.7. The molecule has 0 saturated heterocycles. The predicted octanol–water partition coefficient (Wildman–Crippen LogP) is 8.02. The second kappa shape index (κ2) is 11.5. The molecule has 0 fully saturated rings. The van der Waals surface area contributed by atoms with Crippen LogP contribution in [0, 0.1) is 0 Å². The zero-order valence-electron chi connectivity index (χ0n) is 23.1. The highest BCUT2D eigenvalue weighted by molar-refractivity contribution is 8.76. The lowest BCUT2D eigenvalue weighted by Crippen LogP contribution is -2.01. The van der Waals surface area contributed by atoms with E-state index >= 15 is 0 Å². The predicted molar refractivity (Wildman–Crippen MR) is 170 cm³/mol. The summed E-state index contributed by atoms with van der Waals surface area (Å²) in [7, 11) is 10.7. The fourth-order valence-electron chi connectivity index (χ4n) is 5.49. The molecule has 0 aliphatic heterocycles. The van der Waals surface area contributed by atoms with Crippen LogP contribution in [-0.2, 0) is 13.1 Å². The minimum absolute atomic E-state index is 0.862. The molecule has 4 aromatic carbocycles. The van der Waals surface area contributed by atoms with Gasteiger partial charge in [0.1, 0.15) is 23.0 Å². The summed E-state index contributed by atoms with van der Waals surface area (Å²) in [6, 6.07) is 25.2. The number of nitrogens with zero attached hydrogens (tertiary/aromatic N) is 2. The van der Waals surface area contributed by atoms with E-state index in [-0.39, 0.29) is 0 Å². The number of hydrogen-bond donors (Lipinski definition) is 0. The Balaban J connectivity index is 1.17. The van der Waals surface area contributed by atoms with E-state index in [4.69, 9.17) is 18.9 Å². The number of aryl methyl sites for hydroxylation is 2. The molecule has 6 rings (SSSR count). The van der Waals surface area contributed by atoms with Crippen LogP contribution in [-0.4, -0.2) is 49.1 Å². The van der Waals surface area contributed by atoms with Crippen LogP contribution in [0.4, 0.5) is 0 Å². The Bertz CT molecular complexity index is 1570. The van der Waals surface area contributed by atoms with Gasteiger partial charge in [0, 0.05) is 68.2 Å². The second-order valence-corrected chi connectivity index (χ2v) is 12.2. The van der Waals surface area contributed by atoms with Gasteiger partial charge < -0.3 is 28.1 Å². The zero-order chi connectivity index (χ0) is 27.6. The fraction of sp³-hybridized carbons (Fsp3) is 0.250. The Morgan fingerprint density at radius 3 is 0.975 bits per heavy atom. The van der Waals surface area contributed by atoms with Gasteiger partial charge in [0.25, 0.3) is 0 Å². The molecule has 40 heavy (non-hydrogen) atoms. The maximum atomic E-state index is 5.51. The van der Waals surface area contributed by atoms with Crippen molar-refractivity contribution < 1.29 is 18.9 Å². The van der Waals surface area contributed by atoms with Crippen LogP contribution >= 0.6 is 21.6 Å². The molecule has 0 unspecified atom stereocenters. The number of aromatic nitrogens is 2. The topological polar surface area (TPSA) is 46.8 Å². The monoisotopic (exact) mass is 572 g/mol. The molecule has 6 aromatic rings. The largest absolute Gasteiger partial charge is 0.497 e. The Kier molecular flexibility index (Phi) is 7.63. The van der Waals surface area contributed by atoms with Gasteiger partial charge in [-0.15, -0.1) is 0 Å². The molecule has 0 aliphatic rings. The van der Waals surface area contributed by atoms with Gasteiger partial charge in [-0.2, -0.15) is 0 Å². The van der Waals surface area contributed by atoms with Crippen LogP contribution in [0.3, 0.4) is 0 Å². The molecule has 0 saturated carbocycles. The van der Waals surface area contributed by atoms with Crippen LogP contribution in [0.15, 0.2) is 72.8 Å². The summed E-state index contributed by atoms with van der Waals surface area (Å²) in [5.41, 5.74) is 4.85. The van der Waals surface area contributed by atoms with Gasteiger partial charge in [-0.3, -0.25) is 0 Å². The van der Waals surface area contributed by atoms with Crippen molar-refractivity contribution in [2.24, 2.45) is 0 Å². The van der Waals surface area contributed by atoms with Crippen LogP contribution in [0.2, 0.25) is 0 Å². The summed E-state index contributed by atoms with van der Waals surface area (Å²) in [5.74, 6) is 5.46. The van der Waals surface area contributed by atoms with E-state index in [9.17, 15) is 0 Å². The summed E-state index contributed by atoms with van der Waals surface area (Å²) < 4.78 is 26.8. The number of rotatable bonds is 11. The molecule has 0 aliphatic carbocycles. The lowest BCUT2D eigenvalue weighted by molar-refractivity contribution is 0.415. The molecule has 206 valence electrons. The number of methoxy groups -OCH3 is 4.